The number of allylic oxidation sites excluding steroid dienone is 1. The maximum atomic E-state index is 12.7. The highest BCUT2D eigenvalue weighted by Crippen LogP contribution is 2.35. The van der Waals surface area contributed by atoms with Crippen LogP contribution in [0.3, 0.4) is 0 Å². The number of primary amides is 1. The van der Waals surface area contributed by atoms with E-state index in [1.807, 2.05) is 24.4 Å². The van der Waals surface area contributed by atoms with Crippen molar-refractivity contribution in [2.75, 3.05) is 6.61 Å². The largest absolute Gasteiger partial charge is 0.484 e. The number of nitrogens with two attached hydrogens (primary N) is 1. The van der Waals surface area contributed by atoms with E-state index in [1.165, 1.54) is 0 Å². The lowest BCUT2D eigenvalue weighted by Crippen LogP contribution is -2.19. The molecule has 0 atom stereocenters. The first-order valence-corrected chi connectivity index (χ1v) is 8.64. The van der Waals surface area contributed by atoms with Crippen molar-refractivity contribution < 1.29 is 19.1 Å². The first kappa shape index (κ1) is 16.9. The van der Waals surface area contributed by atoms with Gasteiger partial charge in [-0.2, -0.15) is 0 Å². The molecule has 1 amide bonds. The van der Waals surface area contributed by atoms with Crippen LogP contribution in [0, 0.1) is 0 Å². The van der Waals surface area contributed by atoms with Gasteiger partial charge in [0.25, 0.3) is 5.91 Å². The van der Waals surface area contributed by atoms with Crippen LogP contribution in [-0.2, 0) is 11.3 Å². The van der Waals surface area contributed by atoms with Gasteiger partial charge in [-0.1, -0.05) is 18.2 Å². The molecule has 0 fully saturated rings. The Labute approximate surface area is 155 Å². The maximum Gasteiger partial charge on any atom is 0.255 e. The number of para-hydroxylation sites is 1. The molecule has 0 saturated heterocycles. The Morgan fingerprint density at radius 2 is 2.07 bits per heavy atom. The minimum absolute atomic E-state index is 0.181. The third kappa shape index (κ3) is 3.06. The SMILES string of the molecule is CCn1cc(/C=C2/Oc3cc(OCC(N)=O)ccc3C2=O)c2ccccc21. The Bertz CT molecular complexity index is 1090. The number of benzene rings is 2. The number of fused-ring (bicyclic) bond motifs is 2. The number of aryl methyl sites for hydroxylation is 1. The zero-order valence-electron chi connectivity index (χ0n) is 14.8. The van der Waals surface area contributed by atoms with Crippen LogP contribution < -0.4 is 15.2 Å². The van der Waals surface area contributed by atoms with Gasteiger partial charge in [-0.05, 0) is 31.2 Å². The smallest absolute Gasteiger partial charge is 0.255 e. The molecular formula is C21H18N2O4. The minimum atomic E-state index is -0.569. The highest BCUT2D eigenvalue weighted by molar-refractivity contribution is 6.15. The van der Waals surface area contributed by atoms with Crippen LogP contribution in [0.25, 0.3) is 17.0 Å². The summed E-state index contributed by atoms with van der Waals surface area (Å²) in [5.41, 5.74) is 7.58. The molecule has 0 bridgehead atoms. The minimum Gasteiger partial charge on any atom is -0.484 e. The lowest BCUT2D eigenvalue weighted by Gasteiger charge is -2.04. The number of carbonyl (C=O) groups is 2. The van der Waals surface area contributed by atoms with Gasteiger partial charge >= 0.3 is 0 Å². The number of ether oxygens (including phenoxy) is 2. The second kappa shape index (κ2) is 6.64. The number of carbonyl (C=O) groups excluding carboxylic acids is 2. The summed E-state index contributed by atoms with van der Waals surface area (Å²) < 4.78 is 13.2. The molecule has 0 saturated carbocycles. The molecule has 4 rings (SSSR count). The quantitative estimate of drug-likeness (QED) is 0.707. The van der Waals surface area contributed by atoms with Crippen molar-refractivity contribution in [3.8, 4) is 11.5 Å². The molecule has 1 aromatic heterocycles. The number of aromatic nitrogens is 1. The van der Waals surface area contributed by atoms with Crippen molar-refractivity contribution >= 4 is 28.7 Å². The van der Waals surface area contributed by atoms with Crippen molar-refractivity contribution in [1.82, 2.24) is 4.57 Å². The van der Waals surface area contributed by atoms with Crippen LogP contribution in [-0.4, -0.2) is 22.9 Å². The number of hydrogen-bond donors (Lipinski definition) is 1. The van der Waals surface area contributed by atoms with Gasteiger partial charge in [-0.25, -0.2) is 0 Å². The molecule has 6 heteroatoms. The number of Topliss-reactive ketones (excluding diaryl/α,β-unsaturated/α-hetero) is 1. The third-order valence-electron chi connectivity index (χ3n) is 4.47. The summed E-state index contributed by atoms with van der Waals surface area (Å²) in [4.78, 5) is 23.5. The molecule has 6 nitrogen and oxygen atoms in total. The zero-order valence-corrected chi connectivity index (χ0v) is 14.8. The fraction of sp³-hybridized carbons (Fsp3) is 0.143. The van der Waals surface area contributed by atoms with Crippen molar-refractivity contribution in [2.45, 2.75) is 13.5 Å². The van der Waals surface area contributed by atoms with Crippen LogP contribution in [0.4, 0.5) is 0 Å². The first-order valence-electron chi connectivity index (χ1n) is 8.64. The van der Waals surface area contributed by atoms with E-state index in [0.29, 0.717) is 17.1 Å². The molecule has 0 radical (unpaired) electrons. The zero-order chi connectivity index (χ0) is 19.0. The van der Waals surface area contributed by atoms with E-state index >= 15 is 0 Å². The number of amides is 1. The van der Waals surface area contributed by atoms with Gasteiger partial charge in [0.2, 0.25) is 5.78 Å². The van der Waals surface area contributed by atoms with Gasteiger partial charge in [0.05, 0.1) is 5.56 Å². The Morgan fingerprint density at radius 3 is 2.85 bits per heavy atom. The number of ketones is 1. The van der Waals surface area contributed by atoms with Crippen molar-refractivity contribution in [1.29, 1.82) is 0 Å². The van der Waals surface area contributed by atoms with E-state index in [-0.39, 0.29) is 18.1 Å². The highest BCUT2D eigenvalue weighted by atomic mass is 16.5. The highest BCUT2D eigenvalue weighted by Gasteiger charge is 2.28. The fourth-order valence-corrected chi connectivity index (χ4v) is 3.20. The molecule has 2 aromatic carbocycles. The van der Waals surface area contributed by atoms with E-state index in [0.717, 1.165) is 23.0 Å². The number of hydrogen-bond acceptors (Lipinski definition) is 4. The Hall–Kier alpha value is -3.54. The summed E-state index contributed by atoms with van der Waals surface area (Å²) in [6, 6.07) is 12.9. The topological polar surface area (TPSA) is 83.5 Å². The van der Waals surface area contributed by atoms with Gasteiger partial charge in [-0.15, -0.1) is 0 Å². The maximum absolute atomic E-state index is 12.7. The van der Waals surface area contributed by atoms with Crippen LogP contribution in [0.1, 0.15) is 22.8 Å². The molecule has 0 unspecified atom stereocenters. The standard InChI is InChI=1S/C21H18N2O4/c1-2-23-11-13(15-5-3-4-6-17(15)23)9-19-21(25)16-8-7-14(10-18(16)27-19)26-12-20(22)24/h3-11H,2,12H2,1H3,(H2,22,24)/b19-9+. The summed E-state index contributed by atoms with van der Waals surface area (Å²) in [5, 5.41) is 1.06. The van der Waals surface area contributed by atoms with Crippen molar-refractivity contribution in [3.63, 3.8) is 0 Å². The normalized spacial score (nSPS) is 14.4. The molecule has 136 valence electrons. The van der Waals surface area contributed by atoms with Gasteiger partial charge in [0.15, 0.2) is 12.4 Å². The van der Waals surface area contributed by atoms with E-state index < -0.39 is 5.91 Å². The third-order valence-corrected chi connectivity index (χ3v) is 4.47. The number of nitrogens with zero attached hydrogens (tertiary/aromatic N) is 1. The van der Waals surface area contributed by atoms with E-state index in [2.05, 4.69) is 17.6 Å². The molecule has 2 heterocycles. The summed E-state index contributed by atoms with van der Waals surface area (Å²) in [6.45, 7) is 2.68. The predicted molar refractivity (Wildman–Crippen MR) is 102 cm³/mol. The van der Waals surface area contributed by atoms with Crippen LogP contribution >= 0.6 is 0 Å². The summed E-state index contributed by atoms with van der Waals surface area (Å²) in [7, 11) is 0. The first-order chi connectivity index (χ1) is 13.1. The second-order valence-corrected chi connectivity index (χ2v) is 6.24. The molecular weight excluding hydrogens is 344 g/mol. The van der Waals surface area contributed by atoms with Gasteiger partial charge in [0.1, 0.15) is 11.5 Å². The average molecular weight is 362 g/mol. The van der Waals surface area contributed by atoms with E-state index in [4.69, 9.17) is 15.2 Å². The molecule has 1 aliphatic rings. The van der Waals surface area contributed by atoms with Crippen molar-refractivity contribution in [3.05, 3.63) is 65.5 Å². The molecule has 0 aliphatic carbocycles. The Balaban J connectivity index is 1.67. The van der Waals surface area contributed by atoms with Gasteiger partial charge in [0, 0.05) is 35.3 Å². The lowest BCUT2D eigenvalue weighted by molar-refractivity contribution is -0.119. The Morgan fingerprint density at radius 1 is 1.26 bits per heavy atom. The molecule has 3 aromatic rings. The molecule has 27 heavy (non-hydrogen) atoms. The number of rotatable bonds is 5. The second-order valence-electron chi connectivity index (χ2n) is 6.24. The monoisotopic (exact) mass is 362 g/mol. The van der Waals surface area contributed by atoms with Crippen LogP contribution in [0.5, 0.6) is 11.5 Å². The predicted octanol–water partition coefficient (Wildman–Crippen LogP) is 3.14. The molecule has 0 spiro atoms. The fourth-order valence-electron chi connectivity index (χ4n) is 3.20. The van der Waals surface area contributed by atoms with Gasteiger partial charge in [-0.3, -0.25) is 9.59 Å². The summed E-state index contributed by atoms with van der Waals surface area (Å²) >= 11 is 0. The van der Waals surface area contributed by atoms with Crippen molar-refractivity contribution in [2.24, 2.45) is 5.73 Å². The van der Waals surface area contributed by atoms with Crippen LogP contribution in [0.2, 0.25) is 0 Å². The van der Waals surface area contributed by atoms with E-state index in [9.17, 15) is 9.59 Å². The van der Waals surface area contributed by atoms with Crippen LogP contribution in [0.15, 0.2) is 54.4 Å². The molecule has 1 aliphatic heterocycles. The average Bonchev–Trinajstić information content (AvgIpc) is 3.18. The lowest BCUT2D eigenvalue weighted by atomic mass is 10.1. The Kier molecular flexibility index (Phi) is 4.16. The molecule has 2 N–H and O–H groups in total. The van der Waals surface area contributed by atoms with Gasteiger partial charge < -0.3 is 19.8 Å². The summed E-state index contributed by atoms with van der Waals surface area (Å²) in [5.74, 6) is 0.341. The summed E-state index contributed by atoms with van der Waals surface area (Å²) in [6.07, 6.45) is 3.78. The van der Waals surface area contributed by atoms with E-state index in [1.54, 1.807) is 24.3 Å².